The van der Waals surface area contributed by atoms with Crippen LogP contribution in [0.4, 0.5) is 16.2 Å². The number of hydrogen-bond donors (Lipinski definition) is 2. The third-order valence-electron chi connectivity index (χ3n) is 3.75. The van der Waals surface area contributed by atoms with Crippen LogP contribution in [0, 0.1) is 18.3 Å². The Bertz CT molecular complexity index is 810. The minimum Gasteiger partial charge on any atom is -0.444 e. The van der Waals surface area contributed by atoms with Gasteiger partial charge in [0.25, 0.3) is 0 Å². The van der Waals surface area contributed by atoms with Gasteiger partial charge in [-0.25, -0.2) is 4.79 Å². The largest absolute Gasteiger partial charge is 0.444 e. The fourth-order valence-corrected chi connectivity index (χ4v) is 2.37. The molecule has 0 atom stereocenters. The molecule has 0 aliphatic heterocycles. The van der Waals surface area contributed by atoms with Crippen molar-refractivity contribution in [1.82, 2.24) is 4.57 Å². The molecule has 2 rings (SSSR count). The van der Waals surface area contributed by atoms with Gasteiger partial charge >= 0.3 is 6.09 Å². The van der Waals surface area contributed by atoms with Gasteiger partial charge in [0.15, 0.2) is 0 Å². The highest BCUT2D eigenvalue weighted by molar-refractivity contribution is 5.85. The van der Waals surface area contributed by atoms with E-state index < -0.39 is 11.7 Å². The minimum absolute atomic E-state index is 0.484. The lowest BCUT2D eigenvalue weighted by atomic mass is 10.2. The van der Waals surface area contributed by atoms with Gasteiger partial charge < -0.3 is 14.6 Å². The van der Waals surface area contributed by atoms with Gasteiger partial charge in [0, 0.05) is 30.7 Å². The summed E-state index contributed by atoms with van der Waals surface area (Å²) in [5.74, 6) is 0. The highest BCUT2D eigenvalue weighted by Gasteiger charge is 2.16. The lowest BCUT2D eigenvalue weighted by Gasteiger charge is -2.19. The van der Waals surface area contributed by atoms with Gasteiger partial charge in [-0.2, -0.15) is 5.26 Å². The summed E-state index contributed by atoms with van der Waals surface area (Å²) >= 11 is 0. The van der Waals surface area contributed by atoms with Crippen molar-refractivity contribution in [3.05, 3.63) is 47.3 Å². The number of amides is 1. The molecule has 0 saturated carbocycles. The Morgan fingerprint density at radius 1 is 1.28 bits per heavy atom. The summed E-state index contributed by atoms with van der Waals surface area (Å²) in [5, 5.41) is 15.1. The first kappa shape index (κ1) is 18.4. The minimum atomic E-state index is -0.538. The van der Waals surface area contributed by atoms with Crippen LogP contribution >= 0.6 is 0 Å². The second-order valence-electron chi connectivity index (χ2n) is 6.87. The normalized spacial score (nSPS) is 10.9. The summed E-state index contributed by atoms with van der Waals surface area (Å²) in [4.78, 5) is 11.8. The lowest BCUT2D eigenvalue weighted by molar-refractivity contribution is 0.0636. The van der Waals surface area contributed by atoms with Gasteiger partial charge in [0.1, 0.15) is 17.4 Å². The predicted molar refractivity (Wildman–Crippen MR) is 98.5 cm³/mol. The van der Waals surface area contributed by atoms with E-state index >= 15 is 0 Å². The number of nitrogens with one attached hydrogen (secondary N) is 2. The van der Waals surface area contributed by atoms with E-state index in [2.05, 4.69) is 16.7 Å². The molecule has 0 fully saturated rings. The number of benzene rings is 1. The van der Waals surface area contributed by atoms with Crippen molar-refractivity contribution in [1.29, 1.82) is 5.26 Å². The average Bonchev–Trinajstić information content (AvgIpc) is 2.79. The molecule has 2 N–H and O–H groups in total. The summed E-state index contributed by atoms with van der Waals surface area (Å²) in [5.41, 5.74) is 3.73. The van der Waals surface area contributed by atoms with Crippen molar-refractivity contribution in [2.24, 2.45) is 7.05 Å². The van der Waals surface area contributed by atoms with Crippen molar-refractivity contribution >= 4 is 17.5 Å². The molecule has 1 heterocycles. The Hall–Kier alpha value is -2.94. The zero-order valence-corrected chi connectivity index (χ0v) is 15.3. The van der Waals surface area contributed by atoms with E-state index in [0.717, 1.165) is 16.9 Å². The second-order valence-corrected chi connectivity index (χ2v) is 6.87. The van der Waals surface area contributed by atoms with Crippen LogP contribution in [0.3, 0.4) is 0 Å². The number of rotatable bonds is 4. The molecule has 0 aliphatic rings. The van der Waals surface area contributed by atoms with Gasteiger partial charge in [0.2, 0.25) is 0 Å². The van der Waals surface area contributed by atoms with Gasteiger partial charge in [-0.1, -0.05) is 6.07 Å². The van der Waals surface area contributed by atoms with E-state index in [1.807, 2.05) is 63.6 Å². The van der Waals surface area contributed by atoms with Crippen molar-refractivity contribution in [2.75, 3.05) is 10.6 Å². The Balaban J connectivity index is 2.02. The molecule has 2 aromatic rings. The number of carbonyl (C=O) groups is 1. The third kappa shape index (κ3) is 5.01. The molecule has 25 heavy (non-hydrogen) atoms. The summed E-state index contributed by atoms with van der Waals surface area (Å²) in [6.07, 6.45) is -0.484. The number of ether oxygens (including phenoxy) is 1. The van der Waals surface area contributed by atoms with Gasteiger partial charge in [-0.15, -0.1) is 0 Å². The Morgan fingerprint density at radius 2 is 1.96 bits per heavy atom. The number of nitrogens with zero attached hydrogens (tertiary/aromatic N) is 2. The van der Waals surface area contributed by atoms with Crippen molar-refractivity contribution in [3.63, 3.8) is 0 Å². The maximum Gasteiger partial charge on any atom is 0.412 e. The monoisotopic (exact) mass is 340 g/mol. The molecule has 0 spiro atoms. The average molecular weight is 340 g/mol. The first-order valence-corrected chi connectivity index (χ1v) is 8.09. The van der Waals surface area contributed by atoms with Gasteiger partial charge in [0.05, 0.1) is 0 Å². The van der Waals surface area contributed by atoms with Gasteiger partial charge in [-0.3, -0.25) is 5.32 Å². The third-order valence-corrected chi connectivity index (χ3v) is 3.75. The maximum atomic E-state index is 11.8. The molecule has 1 amide bonds. The highest BCUT2D eigenvalue weighted by atomic mass is 16.6. The first-order chi connectivity index (χ1) is 11.7. The maximum absolute atomic E-state index is 11.8. The predicted octanol–water partition coefficient (Wildman–Crippen LogP) is 4.16. The van der Waals surface area contributed by atoms with Crippen LogP contribution in [-0.2, 0) is 18.3 Å². The van der Waals surface area contributed by atoms with Crippen molar-refractivity contribution in [2.45, 2.75) is 39.8 Å². The van der Waals surface area contributed by atoms with E-state index in [1.165, 1.54) is 0 Å². The molecule has 6 nitrogen and oxygen atoms in total. The topological polar surface area (TPSA) is 79.1 Å². The zero-order chi connectivity index (χ0) is 18.6. The van der Waals surface area contributed by atoms with E-state index in [1.54, 1.807) is 6.07 Å². The molecule has 1 aromatic carbocycles. The van der Waals surface area contributed by atoms with Crippen LogP contribution < -0.4 is 10.6 Å². The SMILES string of the molecule is Cc1c(CNc2cccc(NC(=O)OC(C)(C)C)c2)cc(C#N)n1C. The number of anilines is 2. The fraction of sp³-hybridized carbons (Fsp3) is 0.368. The molecule has 1 aromatic heterocycles. The van der Waals surface area contributed by atoms with E-state index in [-0.39, 0.29) is 0 Å². The van der Waals surface area contributed by atoms with E-state index in [0.29, 0.717) is 17.9 Å². The highest BCUT2D eigenvalue weighted by Crippen LogP contribution is 2.19. The second kappa shape index (κ2) is 7.31. The Morgan fingerprint density at radius 3 is 2.56 bits per heavy atom. The van der Waals surface area contributed by atoms with Crippen LogP contribution in [0.5, 0.6) is 0 Å². The van der Waals surface area contributed by atoms with Crippen LogP contribution in [0.25, 0.3) is 0 Å². The number of aromatic nitrogens is 1. The van der Waals surface area contributed by atoms with Gasteiger partial charge in [-0.05, 0) is 57.5 Å². The Kier molecular flexibility index (Phi) is 5.38. The number of carbonyl (C=O) groups excluding carboxylic acids is 1. The molecule has 0 saturated heterocycles. The summed E-state index contributed by atoms with van der Waals surface area (Å²) < 4.78 is 7.12. The molecule has 0 unspecified atom stereocenters. The molecule has 6 heteroatoms. The smallest absolute Gasteiger partial charge is 0.412 e. The van der Waals surface area contributed by atoms with E-state index in [9.17, 15) is 4.79 Å². The summed E-state index contributed by atoms with van der Waals surface area (Å²) in [6.45, 7) is 8.04. The number of hydrogen-bond acceptors (Lipinski definition) is 4. The molecule has 132 valence electrons. The quantitative estimate of drug-likeness (QED) is 0.876. The molecule has 0 bridgehead atoms. The molecule has 0 aliphatic carbocycles. The molecular formula is C19H24N4O2. The van der Waals surface area contributed by atoms with Crippen molar-refractivity contribution in [3.8, 4) is 6.07 Å². The number of nitriles is 1. The first-order valence-electron chi connectivity index (χ1n) is 8.09. The fourth-order valence-electron chi connectivity index (χ4n) is 2.37. The van der Waals surface area contributed by atoms with Crippen LogP contribution in [0.2, 0.25) is 0 Å². The molecular weight excluding hydrogens is 316 g/mol. The Labute approximate surface area is 148 Å². The lowest BCUT2D eigenvalue weighted by Crippen LogP contribution is -2.27. The van der Waals surface area contributed by atoms with Crippen LogP contribution in [0.1, 0.15) is 37.7 Å². The standard InChI is InChI=1S/C19H24N4O2/c1-13-14(9-17(11-20)23(13)5)12-21-15-7-6-8-16(10-15)22-18(24)25-19(2,3)4/h6-10,21H,12H2,1-5H3,(H,22,24). The summed E-state index contributed by atoms with van der Waals surface area (Å²) in [6, 6.07) is 11.5. The zero-order valence-electron chi connectivity index (χ0n) is 15.3. The molecule has 0 radical (unpaired) electrons. The van der Waals surface area contributed by atoms with E-state index in [4.69, 9.17) is 10.00 Å². The summed E-state index contributed by atoms with van der Waals surface area (Å²) in [7, 11) is 1.88. The van der Waals surface area contributed by atoms with Crippen LogP contribution in [0.15, 0.2) is 30.3 Å². The van der Waals surface area contributed by atoms with Crippen LogP contribution in [-0.4, -0.2) is 16.3 Å². The van der Waals surface area contributed by atoms with Crippen molar-refractivity contribution < 1.29 is 9.53 Å².